The zero-order chi connectivity index (χ0) is 23.0. The number of carbonyl (C=O) groups is 2. The number of nitrogens with one attached hydrogen (secondary N) is 1. The van der Waals surface area contributed by atoms with Crippen LogP contribution in [0.3, 0.4) is 0 Å². The van der Waals surface area contributed by atoms with Gasteiger partial charge in [-0.3, -0.25) is 9.59 Å². The molecule has 7 heteroatoms. The summed E-state index contributed by atoms with van der Waals surface area (Å²) in [5.74, 6) is 0.550. The molecule has 4 nitrogen and oxygen atoms in total. The Labute approximate surface area is 199 Å². The lowest BCUT2D eigenvalue weighted by Crippen LogP contribution is -2.50. The second-order valence-corrected chi connectivity index (χ2v) is 9.59. The zero-order valence-corrected chi connectivity index (χ0v) is 20.8. The van der Waals surface area contributed by atoms with Gasteiger partial charge >= 0.3 is 0 Å². The molecular formula is C24H30Cl2N2O2S. The number of benzene rings is 2. The summed E-state index contributed by atoms with van der Waals surface area (Å²) in [5, 5.41) is 4.13. The number of amides is 2. The Morgan fingerprint density at radius 1 is 1.10 bits per heavy atom. The maximum atomic E-state index is 13.2. The molecule has 0 saturated heterocycles. The molecule has 0 aromatic heterocycles. The van der Waals surface area contributed by atoms with Crippen molar-refractivity contribution in [2.24, 2.45) is 0 Å². The number of rotatable bonds is 10. The highest BCUT2D eigenvalue weighted by Gasteiger charge is 2.29. The van der Waals surface area contributed by atoms with Gasteiger partial charge in [0.2, 0.25) is 11.8 Å². The van der Waals surface area contributed by atoms with Crippen LogP contribution in [0.4, 0.5) is 0 Å². The van der Waals surface area contributed by atoms with Crippen molar-refractivity contribution >= 4 is 46.8 Å². The van der Waals surface area contributed by atoms with Crippen LogP contribution in [-0.4, -0.2) is 34.6 Å². The third-order valence-electron chi connectivity index (χ3n) is 4.79. The van der Waals surface area contributed by atoms with Crippen molar-refractivity contribution in [2.75, 3.05) is 5.75 Å². The molecule has 0 aliphatic rings. The number of hydrogen-bond acceptors (Lipinski definition) is 3. The number of aryl methyl sites for hydroxylation is 1. The van der Waals surface area contributed by atoms with E-state index in [2.05, 4.69) is 5.32 Å². The first kappa shape index (κ1) is 25.6. The normalized spacial score (nSPS) is 12.0. The van der Waals surface area contributed by atoms with Crippen LogP contribution >= 0.6 is 35.0 Å². The highest BCUT2D eigenvalue weighted by molar-refractivity contribution is 7.99. The molecule has 2 aromatic rings. The van der Waals surface area contributed by atoms with E-state index in [1.54, 1.807) is 23.1 Å². The standard InChI is InChI=1S/C24H30Cl2N2O2S/c1-5-22(24(30)27-16(2)3)28(13-18-9-6-8-17(4)12-18)23(29)15-31-14-19-20(25)10-7-11-21(19)26/h6-12,16,22H,5,13-15H2,1-4H3,(H,27,30)/t22-/m1/s1. The molecule has 0 unspecified atom stereocenters. The number of carbonyl (C=O) groups excluding carboxylic acids is 2. The lowest BCUT2D eigenvalue weighted by Gasteiger charge is -2.31. The Bertz CT molecular complexity index is 885. The molecule has 0 spiro atoms. The van der Waals surface area contributed by atoms with Crippen molar-refractivity contribution in [2.45, 2.75) is 58.5 Å². The average Bonchev–Trinajstić information content (AvgIpc) is 2.69. The van der Waals surface area contributed by atoms with E-state index >= 15 is 0 Å². The predicted molar refractivity (Wildman–Crippen MR) is 132 cm³/mol. The van der Waals surface area contributed by atoms with E-state index in [4.69, 9.17) is 23.2 Å². The van der Waals surface area contributed by atoms with Crippen molar-refractivity contribution in [3.8, 4) is 0 Å². The van der Waals surface area contributed by atoms with Crippen LogP contribution < -0.4 is 5.32 Å². The molecular weight excluding hydrogens is 451 g/mol. The summed E-state index contributed by atoms with van der Waals surface area (Å²) >= 11 is 13.9. The molecule has 0 radical (unpaired) electrons. The van der Waals surface area contributed by atoms with Crippen LogP contribution in [0.25, 0.3) is 0 Å². The van der Waals surface area contributed by atoms with Crippen LogP contribution in [0.1, 0.15) is 43.9 Å². The van der Waals surface area contributed by atoms with E-state index in [-0.39, 0.29) is 23.6 Å². The van der Waals surface area contributed by atoms with Crippen LogP contribution in [0.15, 0.2) is 42.5 Å². The summed E-state index contributed by atoms with van der Waals surface area (Å²) in [7, 11) is 0. The fourth-order valence-corrected chi connectivity index (χ4v) is 4.95. The SMILES string of the molecule is CC[C@H](C(=O)NC(C)C)N(Cc1cccc(C)c1)C(=O)CSCc1c(Cl)cccc1Cl. The minimum absolute atomic E-state index is 0.00853. The van der Waals surface area contributed by atoms with Crippen LogP contribution in [-0.2, 0) is 21.9 Å². The number of halogens is 2. The Hall–Kier alpha value is -1.69. The van der Waals surface area contributed by atoms with Gasteiger partial charge in [0.15, 0.2) is 0 Å². The lowest BCUT2D eigenvalue weighted by molar-refractivity contribution is -0.139. The first-order valence-electron chi connectivity index (χ1n) is 10.4. The first-order valence-corrected chi connectivity index (χ1v) is 12.3. The molecule has 0 bridgehead atoms. The van der Waals surface area contributed by atoms with Gasteiger partial charge in [0.05, 0.1) is 5.75 Å². The van der Waals surface area contributed by atoms with Crippen LogP contribution in [0.5, 0.6) is 0 Å². The third kappa shape index (κ3) is 7.74. The molecule has 1 N–H and O–H groups in total. The number of nitrogens with zero attached hydrogens (tertiary/aromatic N) is 1. The summed E-state index contributed by atoms with van der Waals surface area (Å²) in [6, 6.07) is 12.9. The highest BCUT2D eigenvalue weighted by Crippen LogP contribution is 2.28. The first-order chi connectivity index (χ1) is 14.7. The molecule has 2 aromatic carbocycles. The van der Waals surface area contributed by atoms with Gasteiger partial charge in [-0.2, -0.15) is 0 Å². The van der Waals surface area contributed by atoms with E-state index in [9.17, 15) is 9.59 Å². The van der Waals surface area contributed by atoms with E-state index < -0.39 is 6.04 Å². The van der Waals surface area contributed by atoms with Crippen LogP contribution in [0, 0.1) is 6.92 Å². The van der Waals surface area contributed by atoms with E-state index in [1.165, 1.54) is 11.8 Å². The molecule has 2 amide bonds. The van der Waals surface area contributed by atoms with Gasteiger partial charge in [0.25, 0.3) is 0 Å². The smallest absolute Gasteiger partial charge is 0.243 e. The molecule has 0 fully saturated rings. The van der Waals surface area contributed by atoms with E-state index in [0.717, 1.165) is 16.7 Å². The Morgan fingerprint density at radius 3 is 2.32 bits per heavy atom. The van der Waals surface area contributed by atoms with E-state index in [0.29, 0.717) is 28.8 Å². The fourth-order valence-electron chi connectivity index (χ4n) is 3.30. The number of thioether (sulfide) groups is 1. The average molecular weight is 481 g/mol. The maximum absolute atomic E-state index is 13.2. The van der Waals surface area contributed by atoms with Gasteiger partial charge < -0.3 is 10.2 Å². The summed E-state index contributed by atoms with van der Waals surface area (Å²) in [4.78, 5) is 27.8. The van der Waals surface area contributed by atoms with Crippen LogP contribution in [0.2, 0.25) is 10.0 Å². The fraction of sp³-hybridized carbons (Fsp3) is 0.417. The van der Waals surface area contributed by atoms with Crippen molar-refractivity contribution in [1.29, 1.82) is 0 Å². The lowest BCUT2D eigenvalue weighted by atomic mass is 10.1. The van der Waals surface area contributed by atoms with E-state index in [1.807, 2.05) is 52.0 Å². The summed E-state index contributed by atoms with van der Waals surface area (Å²) in [6.45, 7) is 8.17. The number of hydrogen-bond donors (Lipinski definition) is 1. The summed E-state index contributed by atoms with van der Waals surface area (Å²) in [5.41, 5.74) is 2.94. The van der Waals surface area contributed by atoms with Crippen molar-refractivity contribution in [3.05, 3.63) is 69.2 Å². The zero-order valence-electron chi connectivity index (χ0n) is 18.5. The van der Waals surface area contributed by atoms with Gasteiger partial charge in [0.1, 0.15) is 6.04 Å². The molecule has 0 heterocycles. The van der Waals surface area contributed by atoms with Gasteiger partial charge in [-0.05, 0) is 50.5 Å². The molecule has 2 rings (SSSR count). The monoisotopic (exact) mass is 480 g/mol. The molecule has 31 heavy (non-hydrogen) atoms. The largest absolute Gasteiger partial charge is 0.352 e. The molecule has 0 aliphatic carbocycles. The second-order valence-electron chi connectivity index (χ2n) is 7.79. The quantitative estimate of drug-likeness (QED) is 0.462. The molecule has 0 saturated carbocycles. The minimum Gasteiger partial charge on any atom is -0.352 e. The molecule has 1 atom stereocenters. The Balaban J connectivity index is 2.17. The van der Waals surface area contributed by atoms with Gasteiger partial charge in [0, 0.05) is 28.4 Å². The maximum Gasteiger partial charge on any atom is 0.243 e. The third-order valence-corrected chi connectivity index (χ3v) is 6.44. The summed E-state index contributed by atoms with van der Waals surface area (Å²) in [6.07, 6.45) is 0.539. The molecule has 0 aliphatic heterocycles. The van der Waals surface area contributed by atoms with Gasteiger partial charge in [-0.1, -0.05) is 66.0 Å². The topological polar surface area (TPSA) is 49.4 Å². The predicted octanol–water partition coefficient (Wildman–Crippen LogP) is 5.87. The Morgan fingerprint density at radius 2 is 1.74 bits per heavy atom. The minimum atomic E-state index is -0.528. The van der Waals surface area contributed by atoms with Crippen molar-refractivity contribution < 1.29 is 9.59 Å². The van der Waals surface area contributed by atoms with Gasteiger partial charge in [-0.15, -0.1) is 11.8 Å². The Kier molecular flexibility index (Phi) is 10.2. The highest BCUT2D eigenvalue weighted by atomic mass is 35.5. The van der Waals surface area contributed by atoms with Crippen molar-refractivity contribution in [3.63, 3.8) is 0 Å². The molecule has 168 valence electrons. The van der Waals surface area contributed by atoms with Gasteiger partial charge in [-0.25, -0.2) is 0 Å². The summed E-state index contributed by atoms with van der Waals surface area (Å²) < 4.78 is 0. The van der Waals surface area contributed by atoms with Crippen molar-refractivity contribution in [1.82, 2.24) is 10.2 Å². The second kappa shape index (κ2) is 12.4.